The van der Waals surface area contributed by atoms with E-state index in [1.165, 1.54) is 29.6 Å². The van der Waals surface area contributed by atoms with Crippen molar-refractivity contribution < 1.29 is 0 Å². The van der Waals surface area contributed by atoms with E-state index in [1.807, 2.05) is 0 Å². The molecule has 0 aliphatic heterocycles. The van der Waals surface area contributed by atoms with Crippen LogP contribution in [0.2, 0.25) is 0 Å². The molecule has 0 spiro atoms. The van der Waals surface area contributed by atoms with Gasteiger partial charge in [-0.15, -0.1) is 0 Å². The van der Waals surface area contributed by atoms with E-state index in [1.54, 1.807) is 57.8 Å². The predicted molar refractivity (Wildman–Crippen MR) is 71.7 cm³/mol. The highest BCUT2D eigenvalue weighted by molar-refractivity contribution is 5.04. The molecular formula is C17H28. The third kappa shape index (κ3) is 1.48. The summed E-state index contributed by atoms with van der Waals surface area (Å²) >= 11 is 0. The molecule has 4 rings (SSSR count). The quantitative estimate of drug-likeness (QED) is 0.558. The highest BCUT2D eigenvalue weighted by Gasteiger charge is 2.55. The summed E-state index contributed by atoms with van der Waals surface area (Å²) in [6.07, 6.45) is 14.2. The standard InChI is InChI=1S/C17H28/c1-11-9-10-16-14-6-3-2-5-13(14)15-8-4-7-12(11)17(15)16/h11-17H,2-10H2,1H3. The summed E-state index contributed by atoms with van der Waals surface area (Å²) in [6.45, 7) is 2.56. The maximum absolute atomic E-state index is 2.56. The molecule has 0 saturated heterocycles. The van der Waals surface area contributed by atoms with Crippen LogP contribution >= 0.6 is 0 Å². The minimum Gasteiger partial charge on any atom is -0.0622 e. The maximum Gasteiger partial charge on any atom is -0.0321 e. The van der Waals surface area contributed by atoms with Crippen molar-refractivity contribution in [3.8, 4) is 0 Å². The van der Waals surface area contributed by atoms with Gasteiger partial charge in [-0.25, -0.2) is 0 Å². The zero-order valence-corrected chi connectivity index (χ0v) is 11.4. The molecule has 7 unspecified atom stereocenters. The van der Waals surface area contributed by atoms with Crippen molar-refractivity contribution >= 4 is 0 Å². The van der Waals surface area contributed by atoms with Crippen LogP contribution in [0.4, 0.5) is 0 Å². The van der Waals surface area contributed by atoms with Gasteiger partial charge >= 0.3 is 0 Å². The van der Waals surface area contributed by atoms with Gasteiger partial charge in [0.05, 0.1) is 0 Å². The first kappa shape index (κ1) is 10.9. The second-order valence-corrected chi connectivity index (χ2v) is 7.67. The zero-order valence-electron chi connectivity index (χ0n) is 11.4. The summed E-state index contributed by atoms with van der Waals surface area (Å²) in [5.74, 6) is 8.07. The number of fused-ring (bicyclic) bond motifs is 3. The molecule has 0 bridgehead atoms. The van der Waals surface area contributed by atoms with Gasteiger partial charge in [0.15, 0.2) is 0 Å². The van der Waals surface area contributed by atoms with Crippen LogP contribution in [0.25, 0.3) is 0 Å². The average Bonchev–Trinajstić information content (AvgIpc) is 2.70. The molecule has 0 aromatic heterocycles. The largest absolute Gasteiger partial charge is 0.0622 e. The Kier molecular flexibility index (Phi) is 2.56. The second-order valence-electron chi connectivity index (χ2n) is 7.67. The van der Waals surface area contributed by atoms with Crippen molar-refractivity contribution in [2.45, 2.75) is 64.7 Å². The first-order chi connectivity index (χ1) is 8.36. The summed E-state index contributed by atoms with van der Waals surface area (Å²) in [7, 11) is 0. The molecule has 0 N–H and O–H groups in total. The van der Waals surface area contributed by atoms with Crippen molar-refractivity contribution in [3.63, 3.8) is 0 Å². The number of hydrogen-bond donors (Lipinski definition) is 0. The van der Waals surface area contributed by atoms with Gasteiger partial charge < -0.3 is 0 Å². The SMILES string of the molecule is CC1CCC2C3CCCCC3C3CCCC1C32. The van der Waals surface area contributed by atoms with E-state index in [9.17, 15) is 0 Å². The van der Waals surface area contributed by atoms with Gasteiger partial charge in [-0.2, -0.15) is 0 Å². The van der Waals surface area contributed by atoms with Crippen LogP contribution in [0.3, 0.4) is 0 Å². The van der Waals surface area contributed by atoms with Gasteiger partial charge in [-0.1, -0.05) is 32.6 Å². The van der Waals surface area contributed by atoms with Crippen molar-refractivity contribution in [3.05, 3.63) is 0 Å². The Morgan fingerprint density at radius 1 is 0.529 bits per heavy atom. The Morgan fingerprint density at radius 3 is 1.88 bits per heavy atom. The summed E-state index contributed by atoms with van der Waals surface area (Å²) in [6, 6.07) is 0. The molecule has 0 heteroatoms. The third-order valence-corrected chi connectivity index (χ3v) is 7.22. The second kappa shape index (κ2) is 4.00. The Labute approximate surface area is 107 Å². The molecule has 7 atom stereocenters. The summed E-state index contributed by atoms with van der Waals surface area (Å²) in [5.41, 5.74) is 0. The molecule has 0 heterocycles. The summed E-state index contributed by atoms with van der Waals surface area (Å²) in [4.78, 5) is 0. The fraction of sp³-hybridized carbons (Fsp3) is 1.00. The van der Waals surface area contributed by atoms with Gasteiger partial charge in [0.2, 0.25) is 0 Å². The lowest BCUT2D eigenvalue weighted by molar-refractivity contribution is 0.0409. The molecule has 0 aromatic carbocycles. The highest BCUT2D eigenvalue weighted by atomic mass is 14.6. The molecule has 4 aliphatic rings. The van der Waals surface area contributed by atoms with Crippen LogP contribution in [-0.2, 0) is 0 Å². The van der Waals surface area contributed by atoms with Crippen molar-refractivity contribution in [1.82, 2.24) is 0 Å². The van der Waals surface area contributed by atoms with Gasteiger partial charge in [-0.3, -0.25) is 0 Å². The molecule has 4 aliphatic carbocycles. The van der Waals surface area contributed by atoms with E-state index >= 15 is 0 Å². The van der Waals surface area contributed by atoms with Crippen molar-refractivity contribution in [1.29, 1.82) is 0 Å². The molecule has 0 radical (unpaired) electrons. The minimum atomic E-state index is 1.05. The Balaban J connectivity index is 1.68. The Bertz CT molecular complexity index is 280. The monoisotopic (exact) mass is 232 g/mol. The van der Waals surface area contributed by atoms with Gasteiger partial charge in [0.25, 0.3) is 0 Å². The maximum atomic E-state index is 2.56. The van der Waals surface area contributed by atoms with E-state index in [2.05, 4.69) is 6.92 Å². The zero-order chi connectivity index (χ0) is 11.4. The average molecular weight is 232 g/mol. The lowest BCUT2D eigenvalue weighted by Gasteiger charge is -2.45. The lowest BCUT2D eigenvalue weighted by atomic mass is 9.60. The first-order valence-electron chi connectivity index (χ1n) is 8.36. The van der Waals surface area contributed by atoms with Crippen LogP contribution in [0.1, 0.15) is 64.7 Å². The van der Waals surface area contributed by atoms with Crippen LogP contribution in [0.15, 0.2) is 0 Å². The van der Waals surface area contributed by atoms with E-state index in [-0.39, 0.29) is 0 Å². The lowest BCUT2D eigenvalue weighted by Crippen LogP contribution is -2.37. The highest BCUT2D eigenvalue weighted by Crippen LogP contribution is 2.63. The van der Waals surface area contributed by atoms with Crippen molar-refractivity contribution in [2.75, 3.05) is 0 Å². The Hall–Kier alpha value is 0. The van der Waals surface area contributed by atoms with Gasteiger partial charge in [0, 0.05) is 0 Å². The van der Waals surface area contributed by atoms with Crippen LogP contribution < -0.4 is 0 Å². The van der Waals surface area contributed by atoms with Crippen LogP contribution in [0, 0.1) is 41.4 Å². The smallest absolute Gasteiger partial charge is 0.0321 e. The molecule has 96 valence electrons. The molecule has 4 fully saturated rings. The van der Waals surface area contributed by atoms with Crippen LogP contribution in [0.5, 0.6) is 0 Å². The molecular weight excluding hydrogens is 204 g/mol. The topological polar surface area (TPSA) is 0 Å². The molecule has 4 saturated carbocycles. The predicted octanol–water partition coefficient (Wildman–Crippen LogP) is 4.89. The fourth-order valence-electron chi connectivity index (χ4n) is 6.70. The van der Waals surface area contributed by atoms with Gasteiger partial charge in [-0.05, 0) is 73.5 Å². The van der Waals surface area contributed by atoms with Crippen molar-refractivity contribution in [2.24, 2.45) is 41.4 Å². The minimum absolute atomic E-state index is 1.05. The third-order valence-electron chi connectivity index (χ3n) is 7.22. The van der Waals surface area contributed by atoms with E-state index < -0.39 is 0 Å². The molecule has 0 aromatic rings. The normalized spacial score (nSPS) is 57.4. The van der Waals surface area contributed by atoms with E-state index in [0.29, 0.717) is 0 Å². The van der Waals surface area contributed by atoms with Crippen LogP contribution in [-0.4, -0.2) is 0 Å². The molecule has 0 amide bonds. The fourth-order valence-corrected chi connectivity index (χ4v) is 6.70. The van der Waals surface area contributed by atoms with E-state index in [0.717, 1.165) is 11.8 Å². The first-order valence-corrected chi connectivity index (χ1v) is 8.36. The molecule has 17 heavy (non-hydrogen) atoms. The summed E-state index contributed by atoms with van der Waals surface area (Å²) < 4.78 is 0. The Morgan fingerprint density at radius 2 is 1.12 bits per heavy atom. The number of hydrogen-bond acceptors (Lipinski definition) is 0. The van der Waals surface area contributed by atoms with Gasteiger partial charge in [0.1, 0.15) is 0 Å². The summed E-state index contributed by atoms with van der Waals surface area (Å²) in [5, 5.41) is 0. The van der Waals surface area contributed by atoms with E-state index in [4.69, 9.17) is 0 Å². The number of rotatable bonds is 0. The molecule has 0 nitrogen and oxygen atoms in total.